The minimum atomic E-state index is 0.620. The number of hydrogen-bond acceptors (Lipinski definition) is 0. The predicted molar refractivity (Wildman–Crippen MR) is 92.3 cm³/mol. The third kappa shape index (κ3) is 2.31. The van der Waals surface area contributed by atoms with Crippen LogP contribution in [0.4, 0.5) is 0 Å². The van der Waals surface area contributed by atoms with E-state index < -0.39 is 0 Å². The summed E-state index contributed by atoms with van der Waals surface area (Å²) in [6.45, 7) is 11.5. The van der Waals surface area contributed by atoms with Crippen molar-refractivity contribution in [3.63, 3.8) is 0 Å². The Morgan fingerprint density at radius 2 is 1.67 bits per heavy atom. The Morgan fingerprint density at radius 3 is 2.33 bits per heavy atom. The Morgan fingerprint density at radius 1 is 0.952 bits per heavy atom. The molecule has 2 unspecified atom stereocenters. The SMILES string of the molecule is CC1=Cc2ccccc2C1CCC1=C(C)C(C)=C(C)C1C. The summed E-state index contributed by atoms with van der Waals surface area (Å²) in [7, 11) is 0. The highest BCUT2D eigenvalue weighted by Gasteiger charge is 2.26. The van der Waals surface area contributed by atoms with E-state index in [1.54, 1.807) is 16.7 Å². The number of fused-ring (bicyclic) bond motifs is 1. The van der Waals surface area contributed by atoms with E-state index in [1.165, 1.54) is 35.1 Å². The molecule has 0 fully saturated rings. The highest BCUT2D eigenvalue weighted by molar-refractivity contribution is 5.66. The van der Waals surface area contributed by atoms with Crippen LogP contribution >= 0.6 is 0 Å². The average Bonchev–Trinajstić information content (AvgIpc) is 2.89. The molecule has 110 valence electrons. The van der Waals surface area contributed by atoms with Gasteiger partial charge in [-0.25, -0.2) is 0 Å². The molecule has 2 aliphatic carbocycles. The Bertz CT molecular complexity index is 667. The number of rotatable bonds is 3. The maximum atomic E-state index is 2.37. The number of benzene rings is 1. The van der Waals surface area contributed by atoms with Crippen LogP contribution in [-0.2, 0) is 0 Å². The van der Waals surface area contributed by atoms with E-state index in [0.29, 0.717) is 11.8 Å². The van der Waals surface area contributed by atoms with E-state index in [2.05, 4.69) is 65.0 Å². The standard InChI is InChI=1S/C21H26/c1-13-12-18-8-6-7-9-21(18)19(13)10-11-20-16(4)14(2)15(3)17(20)5/h6-9,12,16,19H,10-11H2,1-5H3. The highest BCUT2D eigenvalue weighted by Crippen LogP contribution is 2.43. The van der Waals surface area contributed by atoms with Gasteiger partial charge in [0, 0.05) is 5.92 Å². The van der Waals surface area contributed by atoms with Gasteiger partial charge in [-0.1, -0.05) is 54.0 Å². The molecule has 0 saturated carbocycles. The molecule has 0 heteroatoms. The van der Waals surface area contributed by atoms with Gasteiger partial charge in [-0.05, 0) is 68.7 Å². The van der Waals surface area contributed by atoms with Gasteiger partial charge in [-0.2, -0.15) is 0 Å². The molecule has 0 radical (unpaired) electrons. The fraction of sp³-hybridized carbons (Fsp3) is 0.429. The topological polar surface area (TPSA) is 0 Å². The summed E-state index contributed by atoms with van der Waals surface area (Å²) in [5, 5.41) is 0. The van der Waals surface area contributed by atoms with E-state index in [4.69, 9.17) is 0 Å². The summed E-state index contributed by atoms with van der Waals surface area (Å²) in [4.78, 5) is 0. The molecular formula is C21H26. The molecule has 21 heavy (non-hydrogen) atoms. The van der Waals surface area contributed by atoms with Crippen LogP contribution in [0.5, 0.6) is 0 Å². The van der Waals surface area contributed by atoms with Gasteiger partial charge < -0.3 is 0 Å². The molecule has 0 aromatic heterocycles. The van der Waals surface area contributed by atoms with E-state index in [0.717, 1.165) is 0 Å². The van der Waals surface area contributed by atoms with Crippen LogP contribution in [0.15, 0.2) is 52.1 Å². The second-order valence-electron chi connectivity index (χ2n) is 6.79. The Kier molecular flexibility index (Phi) is 3.65. The van der Waals surface area contributed by atoms with Crippen LogP contribution in [0.2, 0.25) is 0 Å². The minimum absolute atomic E-state index is 0.620. The van der Waals surface area contributed by atoms with Gasteiger partial charge in [0.05, 0.1) is 0 Å². The molecule has 1 aromatic carbocycles. The van der Waals surface area contributed by atoms with E-state index in [-0.39, 0.29) is 0 Å². The first kappa shape index (κ1) is 14.4. The molecule has 0 heterocycles. The maximum Gasteiger partial charge on any atom is 0.00577 e. The van der Waals surface area contributed by atoms with Crippen LogP contribution in [0.1, 0.15) is 64.5 Å². The monoisotopic (exact) mass is 278 g/mol. The van der Waals surface area contributed by atoms with Crippen LogP contribution in [-0.4, -0.2) is 0 Å². The summed E-state index contributed by atoms with van der Waals surface area (Å²) in [5.41, 5.74) is 10.8. The molecule has 1 aromatic rings. The first-order valence-electron chi connectivity index (χ1n) is 8.15. The molecule has 0 nitrogen and oxygen atoms in total. The van der Waals surface area contributed by atoms with Gasteiger partial charge in [0.15, 0.2) is 0 Å². The zero-order valence-corrected chi connectivity index (χ0v) is 14.0. The fourth-order valence-electron chi connectivity index (χ4n) is 4.09. The first-order valence-corrected chi connectivity index (χ1v) is 8.15. The average molecular weight is 278 g/mol. The van der Waals surface area contributed by atoms with Crippen molar-refractivity contribution >= 4 is 6.08 Å². The van der Waals surface area contributed by atoms with Gasteiger partial charge >= 0.3 is 0 Å². The van der Waals surface area contributed by atoms with E-state index in [9.17, 15) is 0 Å². The lowest BCUT2D eigenvalue weighted by Crippen LogP contribution is -2.02. The molecule has 2 atom stereocenters. The van der Waals surface area contributed by atoms with Crippen molar-refractivity contribution in [2.75, 3.05) is 0 Å². The normalized spacial score (nSPS) is 24.7. The minimum Gasteiger partial charge on any atom is -0.0652 e. The molecule has 0 amide bonds. The first-order chi connectivity index (χ1) is 10.0. The van der Waals surface area contributed by atoms with Gasteiger partial charge in [0.25, 0.3) is 0 Å². The lowest BCUT2D eigenvalue weighted by molar-refractivity contribution is 0.660. The van der Waals surface area contributed by atoms with E-state index >= 15 is 0 Å². The van der Waals surface area contributed by atoms with Crippen molar-refractivity contribution in [1.29, 1.82) is 0 Å². The van der Waals surface area contributed by atoms with Gasteiger partial charge in [0.1, 0.15) is 0 Å². The van der Waals surface area contributed by atoms with Crippen molar-refractivity contribution in [2.45, 2.75) is 53.4 Å². The quantitative estimate of drug-likeness (QED) is 0.611. The lowest BCUT2D eigenvalue weighted by Gasteiger charge is -2.18. The van der Waals surface area contributed by atoms with Gasteiger partial charge in [-0.3, -0.25) is 0 Å². The second-order valence-corrected chi connectivity index (χ2v) is 6.79. The molecule has 2 aliphatic rings. The number of allylic oxidation sites excluding steroid dienone is 5. The summed E-state index contributed by atoms with van der Waals surface area (Å²) >= 11 is 0. The molecule has 0 N–H and O–H groups in total. The molecule has 0 spiro atoms. The summed E-state index contributed by atoms with van der Waals surface area (Å²) in [6.07, 6.45) is 4.84. The predicted octanol–water partition coefficient (Wildman–Crippen LogP) is 6.27. The van der Waals surface area contributed by atoms with Gasteiger partial charge in [-0.15, -0.1) is 0 Å². The van der Waals surface area contributed by atoms with Crippen molar-refractivity contribution in [2.24, 2.45) is 5.92 Å². The Hall–Kier alpha value is -1.56. The maximum absolute atomic E-state index is 2.37. The summed E-state index contributed by atoms with van der Waals surface area (Å²) in [5.74, 6) is 1.26. The van der Waals surface area contributed by atoms with Crippen molar-refractivity contribution in [3.05, 3.63) is 63.3 Å². The Balaban J connectivity index is 1.77. The zero-order valence-electron chi connectivity index (χ0n) is 14.0. The van der Waals surface area contributed by atoms with Crippen LogP contribution < -0.4 is 0 Å². The zero-order chi connectivity index (χ0) is 15.1. The largest absolute Gasteiger partial charge is 0.0652 e. The highest BCUT2D eigenvalue weighted by atomic mass is 14.3. The van der Waals surface area contributed by atoms with Crippen molar-refractivity contribution < 1.29 is 0 Å². The summed E-state index contributed by atoms with van der Waals surface area (Å²) in [6, 6.07) is 8.88. The van der Waals surface area contributed by atoms with Crippen molar-refractivity contribution in [1.82, 2.24) is 0 Å². The third-order valence-electron chi connectivity index (χ3n) is 5.81. The Labute approximate surface area is 129 Å². The smallest absolute Gasteiger partial charge is 0.00577 e. The molecule has 0 bridgehead atoms. The second kappa shape index (κ2) is 5.33. The van der Waals surface area contributed by atoms with Crippen molar-refractivity contribution in [3.8, 4) is 0 Å². The fourth-order valence-corrected chi connectivity index (χ4v) is 4.09. The number of hydrogen-bond donors (Lipinski definition) is 0. The van der Waals surface area contributed by atoms with Gasteiger partial charge in [0.2, 0.25) is 0 Å². The van der Waals surface area contributed by atoms with Crippen LogP contribution in [0.3, 0.4) is 0 Å². The van der Waals surface area contributed by atoms with Crippen LogP contribution in [0.25, 0.3) is 6.08 Å². The van der Waals surface area contributed by atoms with Crippen LogP contribution in [0, 0.1) is 5.92 Å². The molecule has 0 aliphatic heterocycles. The third-order valence-corrected chi connectivity index (χ3v) is 5.81. The molecular weight excluding hydrogens is 252 g/mol. The summed E-state index contributed by atoms with van der Waals surface area (Å²) < 4.78 is 0. The van der Waals surface area contributed by atoms with E-state index in [1.807, 2.05) is 0 Å². The molecule has 0 saturated heterocycles. The lowest BCUT2D eigenvalue weighted by atomic mass is 9.86. The molecule has 3 rings (SSSR count).